The predicted molar refractivity (Wildman–Crippen MR) is 82.6 cm³/mol. The molecule has 0 saturated carbocycles. The number of hydrogen-bond acceptors (Lipinski definition) is 4. The number of phenolic OH excluding ortho intramolecular Hbond substituents is 1. The molecule has 1 aliphatic heterocycles. The first-order chi connectivity index (χ1) is 9.91. The largest absolute Gasteiger partial charge is 0.503 e. The Morgan fingerprint density at radius 1 is 1.52 bits per heavy atom. The van der Waals surface area contributed by atoms with E-state index >= 15 is 0 Å². The Labute approximate surface area is 132 Å². The molecule has 2 N–H and O–H groups in total. The molecule has 1 saturated heterocycles. The smallest absolute Gasteiger partial charge is 0.310 e. The predicted octanol–water partition coefficient (Wildman–Crippen LogP) is 2.85. The van der Waals surface area contributed by atoms with Crippen LogP contribution in [0.3, 0.4) is 0 Å². The number of carboxylic acid groups (broad SMARTS) is 1. The molecule has 1 unspecified atom stereocenters. The van der Waals surface area contributed by atoms with Gasteiger partial charge in [0.2, 0.25) is 0 Å². The molecule has 0 aliphatic carbocycles. The van der Waals surface area contributed by atoms with E-state index in [1.54, 1.807) is 6.07 Å². The number of methoxy groups -OCH3 is 1. The van der Waals surface area contributed by atoms with E-state index in [4.69, 9.17) is 4.74 Å². The molecule has 1 aromatic carbocycles. The van der Waals surface area contributed by atoms with Gasteiger partial charge in [0.1, 0.15) is 0 Å². The van der Waals surface area contributed by atoms with Crippen LogP contribution in [0.4, 0.5) is 0 Å². The lowest BCUT2D eigenvalue weighted by atomic mass is 9.84. The van der Waals surface area contributed by atoms with E-state index in [1.807, 2.05) is 13.0 Å². The molecule has 6 heteroatoms. The normalized spacial score (nSPS) is 22.4. The second-order valence-corrected chi connectivity index (χ2v) is 6.38. The van der Waals surface area contributed by atoms with Gasteiger partial charge in [0.25, 0.3) is 0 Å². The van der Waals surface area contributed by atoms with Gasteiger partial charge in [-0.1, -0.05) is 6.92 Å². The third kappa shape index (κ3) is 3.16. The van der Waals surface area contributed by atoms with Crippen LogP contribution in [0.2, 0.25) is 0 Å². The van der Waals surface area contributed by atoms with E-state index in [9.17, 15) is 15.0 Å². The fourth-order valence-electron chi connectivity index (χ4n) is 2.84. The summed E-state index contributed by atoms with van der Waals surface area (Å²) in [6.45, 7) is 3.89. The number of aliphatic carboxylic acids is 1. The molecule has 1 aromatic rings. The summed E-state index contributed by atoms with van der Waals surface area (Å²) in [5, 5.41) is 19.2. The summed E-state index contributed by atoms with van der Waals surface area (Å²) in [5.74, 6) is -0.216. The molecule has 2 rings (SSSR count). The minimum absolute atomic E-state index is 0.0797. The molecular formula is C15H20BrNO4. The Hall–Kier alpha value is -1.27. The van der Waals surface area contributed by atoms with Crippen molar-refractivity contribution in [3.63, 3.8) is 0 Å². The first kappa shape index (κ1) is 16.1. The van der Waals surface area contributed by atoms with Crippen molar-refractivity contribution < 1.29 is 19.7 Å². The number of ether oxygens (including phenoxy) is 1. The van der Waals surface area contributed by atoms with Gasteiger partial charge in [0.15, 0.2) is 11.5 Å². The molecule has 0 spiro atoms. The number of carboxylic acids is 1. The summed E-state index contributed by atoms with van der Waals surface area (Å²) in [6.07, 6.45) is 1.32. The van der Waals surface area contributed by atoms with Gasteiger partial charge in [-0.15, -0.1) is 0 Å². The first-order valence-corrected chi connectivity index (χ1v) is 7.72. The molecule has 0 amide bonds. The van der Waals surface area contributed by atoms with Gasteiger partial charge >= 0.3 is 5.97 Å². The van der Waals surface area contributed by atoms with Crippen LogP contribution in [0.5, 0.6) is 11.5 Å². The first-order valence-electron chi connectivity index (χ1n) is 6.93. The zero-order valence-electron chi connectivity index (χ0n) is 12.2. The van der Waals surface area contributed by atoms with Crippen molar-refractivity contribution in [2.75, 3.05) is 20.2 Å². The number of carbonyl (C=O) groups is 1. The van der Waals surface area contributed by atoms with Crippen LogP contribution < -0.4 is 4.74 Å². The van der Waals surface area contributed by atoms with Crippen molar-refractivity contribution in [1.29, 1.82) is 0 Å². The van der Waals surface area contributed by atoms with E-state index in [1.165, 1.54) is 7.11 Å². The van der Waals surface area contributed by atoms with Crippen LogP contribution in [0, 0.1) is 5.41 Å². The highest BCUT2D eigenvalue weighted by atomic mass is 79.9. The lowest BCUT2D eigenvalue weighted by Crippen LogP contribution is -2.33. The van der Waals surface area contributed by atoms with Gasteiger partial charge < -0.3 is 14.9 Å². The minimum atomic E-state index is -0.711. The topological polar surface area (TPSA) is 70.0 Å². The molecule has 1 aliphatic rings. The number of likely N-dealkylation sites (tertiary alicyclic amines) is 1. The summed E-state index contributed by atoms with van der Waals surface area (Å²) in [6, 6.07) is 3.62. The highest BCUT2D eigenvalue weighted by Gasteiger charge is 2.43. The summed E-state index contributed by atoms with van der Waals surface area (Å²) in [4.78, 5) is 13.6. The number of benzene rings is 1. The zero-order valence-corrected chi connectivity index (χ0v) is 13.8. The Kier molecular flexibility index (Phi) is 4.78. The van der Waals surface area contributed by atoms with Crippen LogP contribution in [-0.4, -0.2) is 41.3 Å². The Morgan fingerprint density at radius 2 is 2.24 bits per heavy atom. The van der Waals surface area contributed by atoms with E-state index in [-0.39, 0.29) is 5.75 Å². The molecule has 5 nitrogen and oxygen atoms in total. The van der Waals surface area contributed by atoms with Gasteiger partial charge in [-0.3, -0.25) is 9.69 Å². The van der Waals surface area contributed by atoms with E-state index in [0.717, 1.165) is 12.1 Å². The Balaban J connectivity index is 2.14. The second kappa shape index (κ2) is 6.23. The minimum Gasteiger partial charge on any atom is -0.503 e. The van der Waals surface area contributed by atoms with Gasteiger partial charge in [-0.05, 0) is 53.0 Å². The fraction of sp³-hybridized carbons (Fsp3) is 0.533. The third-order valence-corrected chi connectivity index (χ3v) is 4.88. The van der Waals surface area contributed by atoms with E-state index < -0.39 is 11.4 Å². The van der Waals surface area contributed by atoms with Crippen LogP contribution in [0.1, 0.15) is 25.3 Å². The molecule has 21 heavy (non-hydrogen) atoms. The van der Waals surface area contributed by atoms with Crippen molar-refractivity contribution in [2.45, 2.75) is 26.3 Å². The van der Waals surface area contributed by atoms with Gasteiger partial charge in [0, 0.05) is 13.1 Å². The SMILES string of the molecule is CCC1(C(=O)O)CCN(Cc2cc(Br)c(O)c(OC)c2)C1. The number of nitrogens with zero attached hydrogens (tertiary/aromatic N) is 1. The molecule has 1 heterocycles. The number of rotatable bonds is 5. The van der Waals surface area contributed by atoms with Gasteiger partial charge in [-0.2, -0.15) is 0 Å². The van der Waals surface area contributed by atoms with Crippen LogP contribution >= 0.6 is 15.9 Å². The number of hydrogen-bond donors (Lipinski definition) is 2. The molecule has 0 aromatic heterocycles. The van der Waals surface area contributed by atoms with Crippen LogP contribution in [-0.2, 0) is 11.3 Å². The lowest BCUT2D eigenvalue weighted by molar-refractivity contribution is -0.148. The quantitative estimate of drug-likeness (QED) is 0.847. The maximum absolute atomic E-state index is 11.5. The molecule has 0 bridgehead atoms. The number of phenols is 1. The Morgan fingerprint density at radius 3 is 2.76 bits per heavy atom. The number of halogens is 1. The standard InChI is InChI=1S/C15H20BrNO4/c1-3-15(14(19)20)4-5-17(9-15)8-10-6-11(16)13(18)12(7-10)21-2/h6-7,18H,3-5,8-9H2,1-2H3,(H,19,20). The van der Waals surface area contributed by atoms with Crippen molar-refractivity contribution in [3.05, 3.63) is 22.2 Å². The highest BCUT2D eigenvalue weighted by molar-refractivity contribution is 9.10. The summed E-state index contributed by atoms with van der Waals surface area (Å²) < 4.78 is 5.72. The van der Waals surface area contributed by atoms with E-state index in [2.05, 4.69) is 20.8 Å². The lowest BCUT2D eigenvalue weighted by Gasteiger charge is -2.23. The summed E-state index contributed by atoms with van der Waals surface area (Å²) in [5.41, 5.74) is 0.354. The molecule has 1 fully saturated rings. The van der Waals surface area contributed by atoms with Gasteiger partial charge in [-0.25, -0.2) is 0 Å². The summed E-state index contributed by atoms with van der Waals surface area (Å²) in [7, 11) is 1.51. The molecule has 116 valence electrons. The second-order valence-electron chi connectivity index (χ2n) is 5.53. The molecular weight excluding hydrogens is 338 g/mol. The molecule has 1 atom stereocenters. The average Bonchev–Trinajstić information content (AvgIpc) is 2.87. The van der Waals surface area contributed by atoms with Crippen LogP contribution in [0.15, 0.2) is 16.6 Å². The van der Waals surface area contributed by atoms with Crippen LogP contribution in [0.25, 0.3) is 0 Å². The number of aromatic hydroxyl groups is 1. The molecule has 0 radical (unpaired) electrons. The van der Waals surface area contributed by atoms with Crippen molar-refractivity contribution >= 4 is 21.9 Å². The monoisotopic (exact) mass is 357 g/mol. The third-order valence-electron chi connectivity index (χ3n) is 4.28. The van der Waals surface area contributed by atoms with Crippen molar-refractivity contribution in [2.24, 2.45) is 5.41 Å². The Bertz CT molecular complexity index is 549. The average molecular weight is 358 g/mol. The summed E-state index contributed by atoms with van der Waals surface area (Å²) >= 11 is 3.30. The van der Waals surface area contributed by atoms with Crippen molar-refractivity contribution in [1.82, 2.24) is 4.90 Å². The zero-order chi connectivity index (χ0) is 15.6. The van der Waals surface area contributed by atoms with Gasteiger partial charge in [0.05, 0.1) is 17.0 Å². The van der Waals surface area contributed by atoms with Crippen molar-refractivity contribution in [3.8, 4) is 11.5 Å². The fourth-order valence-corrected chi connectivity index (χ4v) is 3.33. The van der Waals surface area contributed by atoms with E-state index in [0.29, 0.717) is 36.2 Å². The maximum Gasteiger partial charge on any atom is 0.310 e. The maximum atomic E-state index is 11.5. The highest BCUT2D eigenvalue weighted by Crippen LogP contribution is 2.38.